The van der Waals surface area contributed by atoms with Crippen LogP contribution in [0, 0.1) is 0 Å². The first-order chi connectivity index (χ1) is 8.38. The Bertz CT molecular complexity index is 304. The van der Waals surface area contributed by atoms with Crippen LogP contribution >= 0.6 is 0 Å². The van der Waals surface area contributed by atoms with Gasteiger partial charge in [-0.15, -0.1) is 0 Å². The van der Waals surface area contributed by atoms with E-state index in [1.165, 1.54) is 9.80 Å². The van der Waals surface area contributed by atoms with E-state index in [9.17, 15) is 14.4 Å². The van der Waals surface area contributed by atoms with Crippen molar-refractivity contribution in [3.8, 4) is 0 Å². The van der Waals surface area contributed by atoms with Crippen LogP contribution in [0.1, 0.15) is 13.3 Å². The predicted molar refractivity (Wildman–Crippen MR) is 64.0 cm³/mol. The largest absolute Gasteiger partial charge is 0.480 e. The zero-order valence-electron chi connectivity index (χ0n) is 11.0. The number of carboxylic acids is 1. The highest BCUT2D eigenvalue weighted by Crippen LogP contribution is 1.96. The summed E-state index contributed by atoms with van der Waals surface area (Å²) in [5.74, 6) is -1.70. The van der Waals surface area contributed by atoms with E-state index in [1.807, 2.05) is 6.92 Å². The minimum Gasteiger partial charge on any atom is -0.480 e. The average Bonchev–Trinajstić information content (AvgIpc) is 2.27. The van der Waals surface area contributed by atoms with Crippen molar-refractivity contribution in [3.63, 3.8) is 0 Å². The van der Waals surface area contributed by atoms with Gasteiger partial charge in [0.15, 0.2) is 0 Å². The smallest absolute Gasteiger partial charge is 0.329 e. The van der Waals surface area contributed by atoms with Crippen molar-refractivity contribution in [1.82, 2.24) is 9.80 Å². The quantitative estimate of drug-likeness (QED) is 0.630. The van der Waals surface area contributed by atoms with E-state index >= 15 is 0 Å². The molecule has 7 nitrogen and oxygen atoms in total. The van der Waals surface area contributed by atoms with Crippen molar-refractivity contribution in [2.24, 2.45) is 0 Å². The molecule has 0 radical (unpaired) electrons. The van der Waals surface area contributed by atoms with Crippen LogP contribution in [0.15, 0.2) is 0 Å². The Morgan fingerprint density at radius 3 is 2.17 bits per heavy atom. The summed E-state index contributed by atoms with van der Waals surface area (Å²) in [7, 11) is 3.22. The lowest BCUT2D eigenvalue weighted by atomic mass is 10.3. The highest BCUT2D eigenvalue weighted by molar-refractivity contribution is 5.85. The van der Waals surface area contributed by atoms with E-state index < -0.39 is 12.6 Å². The number of hydrogen-bond donors (Lipinski definition) is 1. The Hall–Kier alpha value is -1.63. The molecule has 0 rings (SSSR count). The van der Waals surface area contributed by atoms with Gasteiger partial charge in [0.1, 0.15) is 13.2 Å². The number of carbonyl (C=O) groups excluding carboxylic acids is 2. The van der Waals surface area contributed by atoms with Crippen LogP contribution in [0.5, 0.6) is 0 Å². The van der Waals surface area contributed by atoms with Crippen LogP contribution < -0.4 is 0 Å². The minimum absolute atomic E-state index is 0.0178. The monoisotopic (exact) mass is 260 g/mol. The van der Waals surface area contributed by atoms with Gasteiger partial charge >= 0.3 is 5.97 Å². The number of carbonyl (C=O) groups is 3. The molecule has 18 heavy (non-hydrogen) atoms. The summed E-state index contributed by atoms with van der Waals surface area (Å²) in [6.07, 6.45) is 0.714. The van der Waals surface area contributed by atoms with Gasteiger partial charge in [0.25, 0.3) is 0 Å². The molecule has 2 amide bonds. The van der Waals surface area contributed by atoms with Gasteiger partial charge < -0.3 is 19.6 Å². The molecule has 0 unspecified atom stereocenters. The molecular weight excluding hydrogens is 240 g/mol. The normalized spacial score (nSPS) is 9.94. The second-order valence-electron chi connectivity index (χ2n) is 3.99. The number of amides is 2. The number of likely N-dealkylation sites (N-methyl/N-ethyl adjacent to an activating group) is 1. The van der Waals surface area contributed by atoms with Crippen molar-refractivity contribution in [1.29, 1.82) is 0 Å². The lowest BCUT2D eigenvalue weighted by molar-refractivity contribution is -0.147. The van der Waals surface area contributed by atoms with E-state index in [0.717, 1.165) is 0 Å². The Morgan fingerprint density at radius 2 is 1.72 bits per heavy atom. The van der Waals surface area contributed by atoms with Gasteiger partial charge in [0.05, 0.1) is 6.54 Å². The number of aliphatic carboxylic acids is 1. The first-order valence-electron chi connectivity index (χ1n) is 5.66. The molecule has 0 aliphatic carbocycles. The maximum atomic E-state index is 11.7. The minimum atomic E-state index is -1.13. The zero-order valence-corrected chi connectivity index (χ0v) is 11.0. The molecule has 104 valence electrons. The molecule has 0 saturated heterocycles. The van der Waals surface area contributed by atoms with E-state index in [2.05, 4.69) is 0 Å². The molecule has 0 aromatic rings. The van der Waals surface area contributed by atoms with Crippen molar-refractivity contribution in [2.75, 3.05) is 40.4 Å². The van der Waals surface area contributed by atoms with E-state index in [1.54, 1.807) is 14.1 Å². The van der Waals surface area contributed by atoms with Gasteiger partial charge in [0, 0.05) is 20.6 Å². The fraction of sp³-hybridized carbons (Fsp3) is 0.727. The van der Waals surface area contributed by atoms with Gasteiger partial charge in [-0.2, -0.15) is 0 Å². The van der Waals surface area contributed by atoms with Gasteiger partial charge in [0.2, 0.25) is 11.8 Å². The molecular formula is C11H20N2O5. The second-order valence-corrected chi connectivity index (χ2v) is 3.99. The Balaban J connectivity index is 4.26. The summed E-state index contributed by atoms with van der Waals surface area (Å²) in [6.45, 7) is 1.46. The summed E-state index contributed by atoms with van der Waals surface area (Å²) >= 11 is 0. The van der Waals surface area contributed by atoms with E-state index in [0.29, 0.717) is 13.0 Å². The molecule has 0 aromatic carbocycles. The third-order valence-electron chi connectivity index (χ3n) is 2.12. The summed E-state index contributed by atoms with van der Waals surface area (Å²) in [5, 5.41) is 8.38. The second kappa shape index (κ2) is 8.46. The molecule has 0 bridgehead atoms. The summed E-state index contributed by atoms with van der Waals surface area (Å²) in [4.78, 5) is 36.2. The Morgan fingerprint density at radius 1 is 1.11 bits per heavy atom. The number of ether oxygens (including phenoxy) is 1. The molecule has 0 atom stereocenters. The SMILES string of the molecule is CCCN(CC(=O)N(C)C)C(=O)COCC(=O)O. The number of carboxylic acid groups (broad SMARTS) is 1. The van der Waals surface area contributed by atoms with E-state index in [4.69, 9.17) is 9.84 Å². The van der Waals surface area contributed by atoms with Crippen LogP contribution in [0.3, 0.4) is 0 Å². The molecule has 0 aliphatic heterocycles. The predicted octanol–water partition coefficient (Wildman–Crippen LogP) is -0.586. The Labute approximate surface area is 106 Å². The molecule has 7 heteroatoms. The number of hydrogen-bond acceptors (Lipinski definition) is 4. The molecule has 0 aliphatic rings. The first kappa shape index (κ1) is 16.4. The third kappa shape index (κ3) is 6.85. The number of rotatable bonds is 8. The van der Waals surface area contributed by atoms with Crippen molar-refractivity contribution in [3.05, 3.63) is 0 Å². The van der Waals surface area contributed by atoms with Crippen LogP contribution in [0.25, 0.3) is 0 Å². The van der Waals surface area contributed by atoms with Gasteiger partial charge in [-0.25, -0.2) is 4.79 Å². The zero-order chi connectivity index (χ0) is 14.1. The summed E-state index contributed by atoms with van der Waals surface area (Å²) in [6, 6.07) is 0. The van der Waals surface area contributed by atoms with Gasteiger partial charge in [-0.1, -0.05) is 6.92 Å². The molecule has 0 aromatic heterocycles. The summed E-state index contributed by atoms with van der Waals surface area (Å²) in [5.41, 5.74) is 0. The highest BCUT2D eigenvalue weighted by atomic mass is 16.5. The van der Waals surface area contributed by atoms with Gasteiger partial charge in [-0.3, -0.25) is 9.59 Å². The standard InChI is InChI=1S/C11H20N2O5/c1-4-5-13(6-9(14)12(2)3)10(15)7-18-8-11(16)17/h4-8H2,1-3H3,(H,16,17). The molecule has 1 N–H and O–H groups in total. The highest BCUT2D eigenvalue weighted by Gasteiger charge is 2.17. The van der Waals surface area contributed by atoms with Crippen LogP contribution in [-0.2, 0) is 19.1 Å². The molecule has 0 fully saturated rings. The maximum Gasteiger partial charge on any atom is 0.329 e. The molecule has 0 spiro atoms. The Kier molecular flexibility index (Phi) is 7.69. The van der Waals surface area contributed by atoms with Crippen LogP contribution in [0.4, 0.5) is 0 Å². The van der Waals surface area contributed by atoms with E-state index in [-0.39, 0.29) is 25.0 Å². The average molecular weight is 260 g/mol. The van der Waals surface area contributed by atoms with Gasteiger partial charge in [-0.05, 0) is 6.42 Å². The fourth-order valence-corrected chi connectivity index (χ4v) is 1.18. The molecule has 0 heterocycles. The first-order valence-corrected chi connectivity index (χ1v) is 5.66. The van der Waals surface area contributed by atoms with Crippen LogP contribution in [0.2, 0.25) is 0 Å². The van der Waals surface area contributed by atoms with Crippen molar-refractivity contribution in [2.45, 2.75) is 13.3 Å². The van der Waals surface area contributed by atoms with Crippen LogP contribution in [-0.4, -0.2) is 73.1 Å². The fourth-order valence-electron chi connectivity index (χ4n) is 1.18. The van der Waals surface area contributed by atoms with Crippen molar-refractivity contribution < 1.29 is 24.2 Å². The maximum absolute atomic E-state index is 11.7. The lowest BCUT2D eigenvalue weighted by Crippen LogP contribution is -2.42. The van der Waals surface area contributed by atoms with Crippen molar-refractivity contribution >= 4 is 17.8 Å². The molecule has 0 saturated carbocycles. The summed E-state index contributed by atoms with van der Waals surface area (Å²) < 4.78 is 4.71. The topological polar surface area (TPSA) is 87.2 Å². The number of nitrogens with zero attached hydrogens (tertiary/aromatic N) is 2. The third-order valence-corrected chi connectivity index (χ3v) is 2.12. The lowest BCUT2D eigenvalue weighted by Gasteiger charge is -2.23.